The van der Waals surface area contributed by atoms with Gasteiger partial charge in [-0.05, 0) is 25.6 Å². The first-order chi connectivity index (χ1) is 8.52. The largest absolute Gasteiger partial charge is 0.399 e. The lowest BCUT2D eigenvalue weighted by Gasteiger charge is -2.16. The van der Waals surface area contributed by atoms with E-state index in [2.05, 4.69) is 5.32 Å². The zero-order chi connectivity index (χ0) is 13.5. The van der Waals surface area contributed by atoms with E-state index in [0.29, 0.717) is 24.3 Å². The van der Waals surface area contributed by atoms with E-state index in [4.69, 9.17) is 5.73 Å². The first-order valence-corrected chi connectivity index (χ1v) is 6.02. The standard InChI is InChI=1S/C13H20FN3O/c1-3-6-16-13(18)9-17(2)8-10-4-5-11(15)7-12(10)14/h4-5,7H,3,6,8-9,15H2,1-2H3,(H,16,18). The van der Waals surface area contributed by atoms with Gasteiger partial charge in [0.2, 0.25) is 5.91 Å². The van der Waals surface area contributed by atoms with Gasteiger partial charge in [-0.25, -0.2) is 4.39 Å². The number of halogens is 1. The Hall–Kier alpha value is -1.62. The first kappa shape index (κ1) is 14.4. The Labute approximate surface area is 107 Å². The Kier molecular flexibility index (Phi) is 5.58. The van der Waals surface area contributed by atoms with Crippen LogP contribution in [0, 0.1) is 5.82 Å². The molecule has 1 aromatic carbocycles. The number of likely N-dealkylation sites (N-methyl/N-ethyl adjacent to an activating group) is 1. The second-order valence-corrected chi connectivity index (χ2v) is 4.37. The molecule has 0 aliphatic heterocycles. The van der Waals surface area contributed by atoms with E-state index in [9.17, 15) is 9.18 Å². The van der Waals surface area contributed by atoms with Crippen LogP contribution in [0.3, 0.4) is 0 Å². The number of carbonyl (C=O) groups is 1. The number of nitrogens with zero attached hydrogens (tertiary/aromatic N) is 1. The lowest BCUT2D eigenvalue weighted by Crippen LogP contribution is -2.35. The summed E-state index contributed by atoms with van der Waals surface area (Å²) in [6, 6.07) is 4.59. The Balaban J connectivity index is 2.48. The van der Waals surface area contributed by atoms with E-state index in [0.717, 1.165) is 6.42 Å². The molecule has 0 fully saturated rings. The smallest absolute Gasteiger partial charge is 0.234 e. The molecule has 0 aromatic heterocycles. The molecule has 100 valence electrons. The number of anilines is 1. The maximum absolute atomic E-state index is 13.5. The summed E-state index contributed by atoms with van der Waals surface area (Å²) < 4.78 is 13.5. The van der Waals surface area contributed by atoms with Gasteiger partial charge in [-0.2, -0.15) is 0 Å². The van der Waals surface area contributed by atoms with Gasteiger partial charge in [0.25, 0.3) is 0 Å². The zero-order valence-corrected chi connectivity index (χ0v) is 10.9. The molecule has 18 heavy (non-hydrogen) atoms. The molecule has 0 bridgehead atoms. The average Bonchev–Trinajstić information content (AvgIpc) is 2.30. The van der Waals surface area contributed by atoms with Crippen molar-refractivity contribution in [1.29, 1.82) is 0 Å². The molecule has 0 spiro atoms. The van der Waals surface area contributed by atoms with Gasteiger partial charge >= 0.3 is 0 Å². The van der Waals surface area contributed by atoms with Gasteiger partial charge in [0, 0.05) is 24.3 Å². The SMILES string of the molecule is CCCNC(=O)CN(C)Cc1ccc(N)cc1F. The Morgan fingerprint density at radius 3 is 2.83 bits per heavy atom. The molecule has 0 saturated carbocycles. The van der Waals surface area contributed by atoms with Crippen molar-refractivity contribution in [2.24, 2.45) is 0 Å². The Morgan fingerprint density at radius 1 is 1.50 bits per heavy atom. The predicted octanol–water partition coefficient (Wildman–Crippen LogP) is 1.37. The molecule has 0 unspecified atom stereocenters. The molecule has 0 heterocycles. The topological polar surface area (TPSA) is 58.4 Å². The van der Waals surface area contributed by atoms with Gasteiger partial charge in [-0.3, -0.25) is 9.69 Å². The first-order valence-electron chi connectivity index (χ1n) is 6.02. The lowest BCUT2D eigenvalue weighted by atomic mass is 10.2. The summed E-state index contributed by atoms with van der Waals surface area (Å²) in [4.78, 5) is 13.2. The molecule has 1 amide bonds. The summed E-state index contributed by atoms with van der Waals surface area (Å²) in [6.45, 7) is 3.30. The molecule has 1 rings (SSSR count). The van der Waals surface area contributed by atoms with Crippen LogP contribution in [0.15, 0.2) is 18.2 Å². The number of nitrogens with two attached hydrogens (primary N) is 1. The quantitative estimate of drug-likeness (QED) is 0.753. The number of hydrogen-bond acceptors (Lipinski definition) is 3. The molecule has 1 aromatic rings. The van der Waals surface area contributed by atoms with E-state index in [-0.39, 0.29) is 18.3 Å². The van der Waals surface area contributed by atoms with E-state index in [1.807, 2.05) is 6.92 Å². The van der Waals surface area contributed by atoms with Gasteiger partial charge < -0.3 is 11.1 Å². The lowest BCUT2D eigenvalue weighted by molar-refractivity contribution is -0.122. The monoisotopic (exact) mass is 253 g/mol. The average molecular weight is 253 g/mol. The number of carbonyl (C=O) groups excluding carboxylic acids is 1. The number of nitrogens with one attached hydrogen (secondary N) is 1. The van der Waals surface area contributed by atoms with Gasteiger partial charge in [0.05, 0.1) is 6.54 Å². The summed E-state index contributed by atoms with van der Waals surface area (Å²) >= 11 is 0. The minimum atomic E-state index is -0.337. The van der Waals surface area contributed by atoms with Crippen molar-refractivity contribution in [1.82, 2.24) is 10.2 Å². The number of amides is 1. The van der Waals surface area contributed by atoms with Gasteiger partial charge in [0.15, 0.2) is 0 Å². The predicted molar refractivity (Wildman–Crippen MR) is 70.4 cm³/mol. The van der Waals surface area contributed by atoms with Crippen LogP contribution in [-0.4, -0.2) is 30.9 Å². The van der Waals surface area contributed by atoms with Crippen molar-refractivity contribution >= 4 is 11.6 Å². The normalized spacial score (nSPS) is 10.7. The van der Waals surface area contributed by atoms with Gasteiger partial charge in [-0.15, -0.1) is 0 Å². The molecular formula is C13H20FN3O. The summed E-state index contributed by atoms with van der Waals surface area (Å²) in [5, 5.41) is 2.78. The number of nitrogen functional groups attached to an aromatic ring is 1. The highest BCUT2D eigenvalue weighted by Crippen LogP contribution is 2.13. The van der Waals surface area contributed by atoms with Crippen molar-refractivity contribution in [2.45, 2.75) is 19.9 Å². The van der Waals surface area contributed by atoms with Gasteiger partial charge in [-0.1, -0.05) is 13.0 Å². The third-order valence-corrected chi connectivity index (χ3v) is 2.50. The highest BCUT2D eigenvalue weighted by atomic mass is 19.1. The van der Waals surface area contributed by atoms with Crippen LogP contribution in [-0.2, 0) is 11.3 Å². The molecular weight excluding hydrogens is 233 g/mol. The Bertz CT molecular complexity index is 409. The summed E-state index contributed by atoms with van der Waals surface area (Å²) in [6.07, 6.45) is 0.905. The van der Waals surface area contributed by atoms with Crippen LogP contribution in [0.1, 0.15) is 18.9 Å². The second-order valence-electron chi connectivity index (χ2n) is 4.37. The van der Waals surface area contributed by atoms with Crippen LogP contribution in [0.4, 0.5) is 10.1 Å². The molecule has 0 radical (unpaired) electrons. The third kappa shape index (κ3) is 4.71. The third-order valence-electron chi connectivity index (χ3n) is 2.50. The Morgan fingerprint density at radius 2 is 2.22 bits per heavy atom. The molecule has 0 atom stereocenters. The van der Waals surface area contributed by atoms with Crippen molar-refractivity contribution < 1.29 is 9.18 Å². The van der Waals surface area contributed by atoms with Crippen molar-refractivity contribution in [3.8, 4) is 0 Å². The maximum Gasteiger partial charge on any atom is 0.234 e. The maximum atomic E-state index is 13.5. The fraction of sp³-hybridized carbons (Fsp3) is 0.462. The molecule has 0 aliphatic carbocycles. The summed E-state index contributed by atoms with van der Waals surface area (Å²) in [5.41, 5.74) is 6.42. The molecule has 0 saturated heterocycles. The summed E-state index contributed by atoms with van der Waals surface area (Å²) in [7, 11) is 1.78. The van der Waals surface area contributed by atoms with E-state index >= 15 is 0 Å². The van der Waals surface area contributed by atoms with Crippen molar-refractivity contribution in [3.63, 3.8) is 0 Å². The van der Waals surface area contributed by atoms with Crippen molar-refractivity contribution in [2.75, 3.05) is 25.9 Å². The molecule has 4 nitrogen and oxygen atoms in total. The highest BCUT2D eigenvalue weighted by molar-refractivity contribution is 5.77. The number of rotatable bonds is 6. The molecule has 0 aliphatic rings. The van der Waals surface area contributed by atoms with E-state index < -0.39 is 0 Å². The fourth-order valence-corrected chi connectivity index (χ4v) is 1.60. The van der Waals surface area contributed by atoms with Crippen LogP contribution in [0.2, 0.25) is 0 Å². The van der Waals surface area contributed by atoms with Crippen LogP contribution in [0.5, 0.6) is 0 Å². The number of benzene rings is 1. The van der Waals surface area contributed by atoms with Crippen LogP contribution < -0.4 is 11.1 Å². The summed E-state index contributed by atoms with van der Waals surface area (Å²) in [5.74, 6) is -0.383. The van der Waals surface area contributed by atoms with Crippen LogP contribution >= 0.6 is 0 Å². The second kappa shape index (κ2) is 6.96. The van der Waals surface area contributed by atoms with E-state index in [1.54, 1.807) is 24.1 Å². The van der Waals surface area contributed by atoms with Crippen LogP contribution in [0.25, 0.3) is 0 Å². The molecule has 5 heteroatoms. The van der Waals surface area contributed by atoms with E-state index in [1.165, 1.54) is 6.07 Å². The molecule has 3 N–H and O–H groups in total. The minimum absolute atomic E-state index is 0.0461. The number of hydrogen-bond donors (Lipinski definition) is 2. The van der Waals surface area contributed by atoms with Gasteiger partial charge in [0.1, 0.15) is 5.82 Å². The highest BCUT2D eigenvalue weighted by Gasteiger charge is 2.09. The minimum Gasteiger partial charge on any atom is -0.399 e. The van der Waals surface area contributed by atoms with Crippen molar-refractivity contribution in [3.05, 3.63) is 29.6 Å². The zero-order valence-electron chi connectivity index (χ0n) is 10.9. The fourth-order valence-electron chi connectivity index (χ4n) is 1.60.